The largest absolute Gasteiger partial charge is 0.396 e. The van der Waals surface area contributed by atoms with E-state index in [-0.39, 0.29) is 18.8 Å². The number of ether oxygens (including phenoxy) is 4. The number of halogens is 1. The highest BCUT2D eigenvalue weighted by Crippen LogP contribution is 2.55. The highest BCUT2D eigenvalue weighted by atomic mass is 127. The summed E-state index contributed by atoms with van der Waals surface area (Å²) >= 11 is 2.28. The van der Waals surface area contributed by atoms with E-state index >= 15 is 0 Å². The molecule has 1 N–H and O–H groups in total. The van der Waals surface area contributed by atoms with Crippen molar-refractivity contribution < 1.29 is 24.1 Å². The van der Waals surface area contributed by atoms with E-state index in [0.29, 0.717) is 26.6 Å². The molecule has 0 aromatic heterocycles. The van der Waals surface area contributed by atoms with Crippen molar-refractivity contribution in [2.75, 3.05) is 40.0 Å². The molecule has 2 saturated heterocycles. The van der Waals surface area contributed by atoms with Gasteiger partial charge in [0.15, 0.2) is 0 Å². The van der Waals surface area contributed by atoms with Gasteiger partial charge < -0.3 is 24.1 Å². The molecule has 17 heavy (non-hydrogen) atoms. The van der Waals surface area contributed by atoms with Crippen LogP contribution >= 0.6 is 22.6 Å². The Kier molecular flexibility index (Phi) is 4.02. The van der Waals surface area contributed by atoms with Crippen LogP contribution in [0, 0.1) is 10.8 Å². The van der Waals surface area contributed by atoms with E-state index in [9.17, 15) is 5.11 Å². The molecule has 0 saturated carbocycles. The summed E-state index contributed by atoms with van der Waals surface area (Å²) in [5, 5.41) is 9.62. The molecule has 5 nitrogen and oxygen atoms in total. The number of hydrogen-bond donors (Lipinski definition) is 1. The predicted molar refractivity (Wildman–Crippen MR) is 68.7 cm³/mol. The van der Waals surface area contributed by atoms with Gasteiger partial charge in [-0.2, -0.15) is 0 Å². The number of aliphatic hydroxyl groups is 1. The molecule has 1 unspecified atom stereocenters. The van der Waals surface area contributed by atoms with Crippen molar-refractivity contribution >= 4 is 22.6 Å². The van der Waals surface area contributed by atoms with Gasteiger partial charge in [-0.05, 0) is 22.6 Å². The fourth-order valence-corrected chi connectivity index (χ4v) is 3.23. The minimum Gasteiger partial charge on any atom is -0.396 e. The second kappa shape index (κ2) is 4.90. The summed E-state index contributed by atoms with van der Waals surface area (Å²) in [6.07, 6.45) is 0. The Balaban J connectivity index is 2.33. The number of alkyl halides is 1. The summed E-state index contributed by atoms with van der Waals surface area (Å²) in [6.45, 7) is 6.15. The molecule has 0 aromatic rings. The van der Waals surface area contributed by atoms with Crippen LogP contribution in [0.3, 0.4) is 0 Å². The molecule has 0 amide bonds. The maximum absolute atomic E-state index is 9.62. The standard InChI is InChI=1S/C11H19IO5/c1-9(2,3-13)11(12)10(6-16-8-17-11)4-14-7-15-5-10/h13H,3-8H2,1-2H3. The first-order valence-electron chi connectivity index (χ1n) is 5.64. The molecule has 2 fully saturated rings. The first kappa shape index (κ1) is 14.0. The lowest BCUT2D eigenvalue weighted by Crippen LogP contribution is -2.65. The number of aliphatic hydroxyl groups excluding tert-OH is 1. The van der Waals surface area contributed by atoms with E-state index in [1.165, 1.54) is 0 Å². The van der Waals surface area contributed by atoms with E-state index in [2.05, 4.69) is 22.6 Å². The van der Waals surface area contributed by atoms with Crippen molar-refractivity contribution in [3.63, 3.8) is 0 Å². The zero-order valence-corrected chi connectivity index (χ0v) is 12.4. The van der Waals surface area contributed by atoms with Crippen LogP contribution in [0.25, 0.3) is 0 Å². The zero-order chi connectivity index (χ0) is 12.6. The molecule has 0 bridgehead atoms. The van der Waals surface area contributed by atoms with Crippen LogP contribution in [0.5, 0.6) is 0 Å². The summed E-state index contributed by atoms with van der Waals surface area (Å²) in [6, 6.07) is 0. The van der Waals surface area contributed by atoms with Crippen LogP contribution in [0.2, 0.25) is 0 Å². The van der Waals surface area contributed by atoms with Crippen molar-refractivity contribution in [3.05, 3.63) is 0 Å². The monoisotopic (exact) mass is 358 g/mol. The maximum Gasteiger partial charge on any atom is 0.148 e. The molecule has 2 rings (SSSR count). The Morgan fingerprint density at radius 2 is 1.65 bits per heavy atom. The molecule has 100 valence electrons. The average molecular weight is 358 g/mol. The second-order valence-electron chi connectivity index (χ2n) is 5.34. The van der Waals surface area contributed by atoms with E-state index < -0.39 is 9.02 Å². The smallest absolute Gasteiger partial charge is 0.148 e. The predicted octanol–water partition coefficient (Wildman–Crippen LogP) is 1.13. The van der Waals surface area contributed by atoms with Crippen molar-refractivity contribution in [1.82, 2.24) is 0 Å². The van der Waals surface area contributed by atoms with Crippen LogP contribution in [-0.4, -0.2) is 48.7 Å². The van der Waals surface area contributed by atoms with E-state index in [1.54, 1.807) is 0 Å². The van der Waals surface area contributed by atoms with E-state index in [1.807, 2.05) is 13.8 Å². The van der Waals surface area contributed by atoms with Crippen LogP contribution in [0.4, 0.5) is 0 Å². The lowest BCUT2D eigenvalue weighted by Gasteiger charge is -2.56. The van der Waals surface area contributed by atoms with Gasteiger partial charge in [0.1, 0.15) is 17.2 Å². The summed E-state index contributed by atoms with van der Waals surface area (Å²) in [4.78, 5) is 0. The van der Waals surface area contributed by atoms with Crippen molar-refractivity contribution in [2.45, 2.75) is 17.5 Å². The molecule has 1 atom stereocenters. The normalized spacial score (nSPS) is 33.9. The third-order valence-corrected chi connectivity index (χ3v) is 6.51. The first-order chi connectivity index (χ1) is 7.97. The minimum atomic E-state index is -0.564. The van der Waals surface area contributed by atoms with Gasteiger partial charge in [-0.15, -0.1) is 0 Å². The fourth-order valence-electron chi connectivity index (χ4n) is 2.46. The van der Waals surface area contributed by atoms with Gasteiger partial charge in [-0.25, -0.2) is 0 Å². The van der Waals surface area contributed by atoms with Gasteiger partial charge in [0.25, 0.3) is 0 Å². The summed E-state index contributed by atoms with van der Waals surface area (Å²) in [7, 11) is 0. The van der Waals surface area contributed by atoms with Crippen LogP contribution in [-0.2, 0) is 18.9 Å². The van der Waals surface area contributed by atoms with Crippen LogP contribution in [0.1, 0.15) is 13.8 Å². The van der Waals surface area contributed by atoms with Crippen LogP contribution in [0.15, 0.2) is 0 Å². The second-order valence-corrected chi connectivity index (χ2v) is 6.86. The Morgan fingerprint density at radius 1 is 1.12 bits per heavy atom. The van der Waals surface area contributed by atoms with Gasteiger partial charge in [-0.3, -0.25) is 0 Å². The van der Waals surface area contributed by atoms with Crippen molar-refractivity contribution in [3.8, 4) is 0 Å². The third kappa shape index (κ3) is 2.12. The van der Waals surface area contributed by atoms with Gasteiger partial charge >= 0.3 is 0 Å². The van der Waals surface area contributed by atoms with Gasteiger partial charge in [0.2, 0.25) is 0 Å². The molecule has 0 aromatic carbocycles. The molecular formula is C11H19IO5. The van der Waals surface area contributed by atoms with Gasteiger partial charge in [0, 0.05) is 5.41 Å². The lowest BCUT2D eigenvalue weighted by atomic mass is 9.70. The minimum absolute atomic E-state index is 0.0394. The lowest BCUT2D eigenvalue weighted by molar-refractivity contribution is -0.306. The van der Waals surface area contributed by atoms with E-state index in [0.717, 1.165) is 0 Å². The number of rotatable bonds is 2. The maximum atomic E-state index is 9.62. The third-order valence-electron chi connectivity index (χ3n) is 3.59. The molecule has 2 heterocycles. The summed E-state index contributed by atoms with van der Waals surface area (Å²) < 4.78 is 21.6. The quantitative estimate of drug-likeness (QED) is 0.593. The SMILES string of the molecule is CC(C)(CO)C1(I)OCOCC12COCOC2. The summed E-state index contributed by atoms with van der Waals surface area (Å²) in [5.41, 5.74) is -0.766. The van der Waals surface area contributed by atoms with Crippen molar-refractivity contribution in [2.24, 2.45) is 10.8 Å². The first-order valence-corrected chi connectivity index (χ1v) is 6.72. The molecule has 2 aliphatic rings. The average Bonchev–Trinajstić information content (AvgIpc) is 2.34. The highest BCUT2D eigenvalue weighted by molar-refractivity contribution is 14.1. The Labute approximate surface area is 115 Å². The van der Waals surface area contributed by atoms with Crippen LogP contribution < -0.4 is 0 Å². The highest BCUT2D eigenvalue weighted by Gasteiger charge is 2.62. The zero-order valence-electron chi connectivity index (χ0n) is 10.2. The Hall–Kier alpha value is 0.530. The van der Waals surface area contributed by atoms with Crippen molar-refractivity contribution in [1.29, 1.82) is 0 Å². The molecular weight excluding hydrogens is 339 g/mol. The molecule has 6 heteroatoms. The van der Waals surface area contributed by atoms with E-state index in [4.69, 9.17) is 18.9 Å². The molecule has 0 radical (unpaired) electrons. The summed E-state index contributed by atoms with van der Waals surface area (Å²) in [5.74, 6) is 0. The van der Waals surface area contributed by atoms with Gasteiger partial charge in [-0.1, -0.05) is 13.8 Å². The molecule has 0 aliphatic carbocycles. The number of hydrogen-bond acceptors (Lipinski definition) is 5. The fraction of sp³-hybridized carbons (Fsp3) is 1.00. The molecule has 1 spiro atoms. The Morgan fingerprint density at radius 3 is 2.18 bits per heavy atom. The molecule has 2 aliphatic heterocycles. The Bertz CT molecular complexity index is 269. The van der Waals surface area contributed by atoms with Gasteiger partial charge in [0.05, 0.1) is 31.8 Å². The topological polar surface area (TPSA) is 57.2 Å².